The number of aliphatic hydroxyl groups is 2. The maximum absolute atomic E-state index is 10.4. The number of hydrogen-bond acceptors (Lipinski definition) is 5. The third kappa shape index (κ3) is 3.93. The van der Waals surface area contributed by atoms with Crippen LogP contribution in [0.2, 0.25) is 0 Å². The summed E-state index contributed by atoms with van der Waals surface area (Å²) in [4.78, 5) is 4.15. The highest BCUT2D eigenvalue weighted by Crippen LogP contribution is 2.32. The molecule has 1 aromatic heterocycles. The lowest BCUT2D eigenvalue weighted by molar-refractivity contribution is 0.193. The molecule has 2 rings (SSSR count). The molecule has 5 nitrogen and oxygen atoms in total. The largest absolute Gasteiger partial charge is 0.490 e. The van der Waals surface area contributed by atoms with E-state index < -0.39 is 6.10 Å². The first kappa shape index (κ1) is 15.3. The summed E-state index contributed by atoms with van der Waals surface area (Å²) in [5, 5.41) is 19.2. The van der Waals surface area contributed by atoms with Crippen LogP contribution in [0.5, 0.6) is 11.5 Å². The first-order valence-electron chi connectivity index (χ1n) is 6.85. The summed E-state index contributed by atoms with van der Waals surface area (Å²) in [6, 6.07) is 10.6. The molecule has 0 spiro atoms. The molecule has 112 valence electrons. The van der Waals surface area contributed by atoms with Crippen molar-refractivity contribution < 1.29 is 19.7 Å². The number of pyridine rings is 1. The molecule has 0 aliphatic heterocycles. The van der Waals surface area contributed by atoms with Gasteiger partial charge in [-0.25, -0.2) is 0 Å². The van der Waals surface area contributed by atoms with Crippen molar-refractivity contribution in [2.24, 2.45) is 0 Å². The van der Waals surface area contributed by atoms with Crippen molar-refractivity contribution in [1.82, 2.24) is 4.98 Å². The van der Waals surface area contributed by atoms with E-state index in [9.17, 15) is 5.11 Å². The highest BCUT2D eigenvalue weighted by Gasteiger charge is 2.15. The lowest BCUT2D eigenvalue weighted by Gasteiger charge is -2.15. The molecular weight excluding hydrogens is 270 g/mol. The molecule has 0 radical (unpaired) electrons. The Kier molecular flexibility index (Phi) is 5.54. The molecule has 5 heteroatoms. The SMILES string of the molecule is CCOc1cc([C@H](O)c2ccccn2)ccc1OCCO. The fourth-order valence-corrected chi connectivity index (χ4v) is 1.95. The van der Waals surface area contributed by atoms with Gasteiger partial charge in [-0.3, -0.25) is 4.98 Å². The Morgan fingerprint density at radius 2 is 2.00 bits per heavy atom. The summed E-state index contributed by atoms with van der Waals surface area (Å²) in [5.41, 5.74) is 1.25. The molecule has 0 saturated heterocycles. The second-order valence-corrected chi connectivity index (χ2v) is 4.37. The van der Waals surface area contributed by atoms with E-state index in [0.29, 0.717) is 29.4 Å². The molecule has 21 heavy (non-hydrogen) atoms. The average Bonchev–Trinajstić information content (AvgIpc) is 2.54. The van der Waals surface area contributed by atoms with Crippen LogP contribution < -0.4 is 9.47 Å². The molecule has 1 aromatic carbocycles. The molecule has 1 atom stereocenters. The van der Waals surface area contributed by atoms with Crippen LogP contribution >= 0.6 is 0 Å². The van der Waals surface area contributed by atoms with E-state index in [-0.39, 0.29) is 13.2 Å². The molecule has 0 saturated carbocycles. The molecule has 0 unspecified atom stereocenters. The van der Waals surface area contributed by atoms with Gasteiger partial charge in [0.25, 0.3) is 0 Å². The summed E-state index contributed by atoms with van der Waals surface area (Å²) >= 11 is 0. The van der Waals surface area contributed by atoms with Gasteiger partial charge in [-0.05, 0) is 36.8 Å². The topological polar surface area (TPSA) is 71.8 Å². The molecule has 0 amide bonds. The second-order valence-electron chi connectivity index (χ2n) is 4.37. The standard InChI is InChI=1S/C16H19NO4/c1-2-20-15-11-12(6-7-14(15)21-10-9-18)16(19)13-5-3-4-8-17-13/h3-8,11,16,18-19H,2,9-10H2,1H3/t16-/m0/s1. The minimum absolute atomic E-state index is 0.0656. The van der Waals surface area contributed by atoms with Crippen molar-refractivity contribution in [3.05, 3.63) is 53.9 Å². The van der Waals surface area contributed by atoms with Gasteiger partial charge in [-0.2, -0.15) is 0 Å². The zero-order chi connectivity index (χ0) is 15.1. The molecule has 0 aliphatic rings. The highest BCUT2D eigenvalue weighted by molar-refractivity contribution is 5.44. The van der Waals surface area contributed by atoms with Crippen LogP contribution in [0.3, 0.4) is 0 Å². The van der Waals surface area contributed by atoms with E-state index in [1.54, 1.807) is 36.5 Å². The van der Waals surface area contributed by atoms with Crippen LogP contribution in [0.15, 0.2) is 42.6 Å². The number of benzene rings is 1. The van der Waals surface area contributed by atoms with Crippen LogP contribution in [0.4, 0.5) is 0 Å². The normalized spacial score (nSPS) is 12.0. The third-order valence-electron chi connectivity index (χ3n) is 2.90. The van der Waals surface area contributed by atoms with Gasteiger partial charge in [-0.15, -0.1) is 0 Å². The van der Waals surface area contributed by atoms with Crippen molar-refractivity contribution in [2.45, 2.75) is 13.0 Å². The highest BCUT2D eigenvalue weighted by atomic mass is 16.5. The van der Waals surface area contributed by atoms with Gasteiger partial charge in [0.05, 0.1) is 18.9 Å². The minimum atomic E-state index is -0.822. The Morgan fingerprint density at radius 3 is 2.67 bits per heavy atom. The molecule has 2 aromatic rings. The van der Waals surface area contributed by atoms with E-state index in [0.717, 1.165) is 0 Å². The minimum Gasteiger partial charge on any atom is -0.490 e. The maximum Gasteiger partial charge on any atom is 0.161 e. The number of rotatable bonds is 7. The van der Waals surface area contributed by atoms with Gasteiger partial charge in [0.2, 0.25) is 0 Å². The summed E-state index contributed by atoms with van der Waals surface area (Å²) in [6.07, 6.45) is 0.818. The Bertz CT molecular complexity index is 559. The molecular formula is C16H19NO4. The van der Waals surface area contributed by atoms with E-state index >= 15 is 0 Å². The van der Waals surface area contributed by atoms with E-state index in [1.165, 1.54) is 0 Å². The predicted molar refractivity (Wildman–Crippen MR) is 78.5 cm³/mol. The maximum atomic E-state index is 10.4. The monoisotopic (exact) mass is 289 g/mol. The summed E-state index contributed by atoms with van der Waals surface area (Å²) in [5.74, 6) is 1.08. The molecule has 0 fully saturated rings. The van der Waals surface area contributed by atoms with Gasteiger partial charge in [-0.1, -0.05) is 12.1 Å². The van der Waals surface area contributed by atoms with Gasteiger partial charge in [0, 0.05) is 6.20 Å². The Labute approximate surface area is 123 Å². The summed E-state index contributed by atoms with van der Waals surface area (Å²) < 4.78 is 10.9. The predicted octanol–water partition coefficient (Wildman–Crippen LogP) is 1.93. The van der Waals surface area contributed by atoms with Crippen molar-refractivity contribution in [1.29, 1.82) is 0 Å². The van der Waals surface area contributed by atoms with E-state index in [2.05, 4.69) is 4.98 Å². The van der Waals surface area contributed by atoms with E-state index in [4.69, 9.17) is 14.6 Å². The zero-order valence-corrected chi connectivity index (χ0v) is 11.9. The number of ether oxygens (including phenoxy) is 2. The van der Waals surface area contributed by atoms with Crippen molar-refractivity contribution >= 4 is 0 Å². The summed E-state index contributed by atoms with van der Waals surface area (Å²) in [7, 11) is 0. The van der Waals surface area contributed by atoms with Crippen LogP contribution in [-0.2, 0) is 0 Å². The first-order valence-corrected chi connectivity index (χ1v) is 6.85. The van der Waals surface area contributed by atoms with Crippen LogP contribution in [0.1, 0.15) is 24.3 Å². The van der Waals surface area contributed by atoms with Crippen molar-refractivity contribution in [3.8, 4) is 11.5 Å². The van der Waals surface area contributed by atoms with Gasteiger partial charge in [0.15, 0.2) is 11.5 Å². The molecule has 0 aliphatic carbocycles. The number of aromatic nitrogens is 1. The van der Waals surface area contributed by atoms with Crippen LogP contribution in [0, 0.1) is 0 Å². The number of aliphatic hydroxyl groups excluding tert-OH is 2. The van der Waals surface area contributed by atoms with E-state index in [1.807, 2.05) is 13.0 Å². The Balaban J connectivity index is 2.26. The second kappa shape index (κ2) is 7.61. The fourth-order valence-electron chi connectivity index (χ4n) is 1.95. The lowest BCUT2D eigenvalue weighted by Crippen LogP contribution is -2.06. The van der Waals surface area contributed by atoms with Crippen LogP contribution in [-0.4, -0.2) is 35.0 Å². The summed E-state index contributed by atoms with van der Waals surface area (Å²) in [6.45, 7) is 2.49. The zero-order valence-electron chi connectivity index (χ0n) is 11.9. The molecule has 2 N–H and O–H groups in total. The third-order valence-corrected chi connectivity index (χ3v) is 2.90. The number of nitrogens with zero attached hydrogens (tertiary/aromatic N) is 1. The molecule has 1 heterocycles. The number of hydrogen-bond donors (Lipinski definition) is 2. The van der Waals surface area contributed by atoms with Gasteiger partial charge < -0.3 is 19.7 Å². The lowest BCUT2D eigenvalue weighted by atomic mass is 10.1. The van der Waals surface area contributed by atoms with Crippen molar-refractivity contribution in [2.75, 3.05) is 19.8 Å². The van der Waals surface area contributed by atoms with Crippen LogP contribution in [0.25, 0.3) is 0 Å². The molecule has 0 bridgehead atoms. The average molecular weight is 289 g/mol. The Morgan fingerprint density at radius 1 is 1.14 bits per heavy atom. The Hall–Kier alpha value is -2.11. The first-order chi connectivity index (χ1) is 10.3. The smallest absolute Gasteiger partial charge is 0.161 e. The van der Waals surface area contributed by atoms with Gasteiger partial charge >= 0.3 is 0 Å². The van der Waals surface area contributed by atoms with Gasteiger partial charge in [0.1, 0.15) is 12.7 Å². The quantitative estimate of drug-likeness (QED) is 0.815. The fraction of sp³-hybridized carbons (Fsp3) is 0.312. The van der Waals surface area contributed by atoms with Crippen molar-refractivity contribution in [3.63, 3.8) is 0 Å².